The Morgan fingerprint density at radius 2 is 1.92 bits per heavy atom. The van der Waals surface area contributed by atoms with E-state index in [1.807, 2.05) is 22.7 Å². The van der Waals surface area contributed by atoms with Crippen LogP contribution in [0.15, 0.2) is 18.6 Å². The van der Waals surface area contributed by atoms with Gasteiger partial charge in [-0.15, -0.1) is 0 Å². The van der Waals surface area contributed by atoms with Crippen molar-refractivity contribution in [3.05, 3.63) is 24.2 Å². The number of rotatable bonds is 5. The van der Waals surface area contributed by atoms with Gasteiger partial charge in [0.15, 0.2) is 0 Å². The fourth-order valence-corrected chi connectivity index (χ4v) is 3.23. The molecule has 3 heterocycles. The van der Waals surface area contributed by atoms with Crippen molar-refractivity contribution >= 4 is 17.5 Å². The molecular formula is C17H26N6O2. The van der Waals surface area contributed by atoms with Crippen molar-refractivity contribution in [1.29, 1.82) is 0 Å². The van der Waals surface area contributed by atoms with Gasteiger partial charge in [-0.25, -0.2) is 4.52 Å². The highest BCUT2D eigenvalue weighted by molar-refractivity contribution is 5.99. The second-order valence-corrected chi connectivity index (χ2v) is 6.75. The fourth-order valence-electron chi connectivity index (χ4n) is 3.23. The molecular weight excluding hydrogens is 320 g/mol. The lowest BCUT2D eigenvalue weighted by atomic mass is 10.2. The van der Waals surface area contributed by atoms with Crippen molar-refractivity contribution < 1.29 is 9.59 Å². The van der Waals surface area contributed by atoms with Crippen LogP contribution in [0.25, 0.3) is 5.65 Å². The third-order valence-corrected chi connectivity index (χ3v) is 4.80. The minimum absolute atomic E-state index is 0.0997. The Hall–Kier alpha value is -2.35. The van der Waals surface area contributed by atoms with Crippen molar-refractivity contribution in [1.82, 2.24) is 29.3 Å². The van der Waals surface area contributed by atoms with Crippen LogP contribution in [0.1, 0.15) is 30.6 Å². The minimum Gasteiger partial charge on any atom is -0.351 e. The first kappa shape index (κ1) is 17.5. The summed E-state index contributed by atoms with van der Waals surface area (Å²) in [5.41, 5.74) is 1.26. The SMILES string of the molecule is CC(C)N1CCN(C(=O)CCNC(=O)c2cnn3ccn(C)c23)CC1. The lowest BCUT2D eigenvalue weighted by molar-refractivity contribution is -0.133. The van der Waals surface area contributed by atoms with E-state index in [1.165, 1.54) is 0 Å². The number of hydrogen-bond donors (Lipinski definition) is 1. The number of carbonyl (C=O) groups excluding carboxylic acids is 2. The molecule has 1 saturated heterocycles. The molecule has 1 aliphatic heterocycles. The molecule has 1 N–H and O–H groups in total. The quantitative estimate of drug-likeness (QED) is 0.847. The predicted octanol–water partition coefficient (Wildman–Crippen LogP) is 0.345. The summed E-state index contributed by atoms with van der Waals surface area (Å²) in [7, 11) is 1.87. The summed E-state index contributed by atoms with van der Waals surface area (Å²) in [6, 6.07) is 0.516. The van der Waals surface area contributed by atoms with Gasteiger partial charge in [0.25, 0.3) is 5.91 Å². The summed E-state index contributed by atoms with van der Waals surface area (Å²) in [6.45, 7) is 8.04. The van der Waals surface area contributed by atoms with E-state index in [9.17, 15) is 9.59 Å². The number of aryl methyl sites for hydroxylation is 1. The topological polar surface area (TPSA) is 74.9 Å². The van der Waals surface area contributed by atoms with Crippen LogP contribution in [0.5, 0.6) is 0 Å². The second-order valence-electron chi connectivity index (χ2n) is 6.75. The van der Waals surface area contributed by atoms with E-state index in [-0.39, 0.29) is 11.8 Å². The molecule has 2 aromatic rings. The maximum atomic E-state index is 12.3. The van der Waals surface area contributed by atoms with E-state index < -0.39 is 0 Å². The van der Waals surface area contributed by atoms with Crippen molar-refractivity contribution in [3.8, 4) is 0 Å². The van der Waals surface area contributed by atoms with Crippen LogP contribution in [-0.4, -0.2) is 74.6 Å². The molecule has 3 rings (SSSR count). The van der Waals surface area contributed by atoms with E-state index in [4.69, 9.17) is 0 Å². The maximum Gasteiger partial charge on any atom is 0.256 e. The monoisotopic (exact) mass is 346 g/mol. The lowest BCUT2D eigenvalue weighted by Crippen LogP contribution is -2.51. The molecule has 2 amide bonds. The van der Waals surface area contributed by atoms with E-state index >= 15 is 0 Å². The van der Waals surface area contributed by atoms with E-state index in [0.29, 0.717) is 24.6 Å². The number of imidazole rings is 1. The summed E-state index contributed by atoms with van der Waals surface area (Å²) in [4.78, 5) is 28.9. The summed E-state index contributed by atoms with van der Waals surface area (Å²) in [5.74, 6) is -0.100. The first-order valence-electron chi connectivity index (χ1n) is 8.76. The third-order valence-electron chi connectivity index (χ3n) is 4.80. The number of nitrogens with one attached hydrogen (secondary N) is 1. The molecule has 0 aliphatic carbocycles. The predicted molar refractivity (Wildman–Crippen MR) is 94.4 cm³/mol. The zero-order valence-corrected chi connectivity index (χ0v) is 15.1. The van der Waals surface area contributed by atoms with Gasteiger partial charge in [0.1, 0.15) is 11.2 Å². The van der Waals surface area contributed by atoms with Crippen LogP contribution in [-0.2, 0) is 11.8 Å². The average Bonchev–Trinajstić information content (AvgIpc) is 3.18. The van der Waals surface area contributed by atoms with Crippen molar-refractivity contribution in [2.45, 2.75) is 26.3 Å². The smallest absolute Gasteiger partial charge is 0.256 e. The summed E-state index contributed by atoms with van der Waals surface area (Å²) in [6.07, 6.45) is 5.52. The summed E-state index contributed by atoms with van der Waals surface area (Å²) >= 11 is 0. The summed E-state index contributed by atoms with van der Waals surface area (Å²) in [5, 5.41) is 6.98. The highest BCUT2D eigenvalue weighted by atomic mass is 16.2. The molecule has 25 heavy (non-hydrogen) atoms. The number of piperazine rings is 1. The molecule has 0 radical (unpaired) electrons. The average molecular weight is 346 g/mol. The Balaban J connectivity index is 1.47. The van der Waals surface area contributed by atoms with Gasteiger partial charge in [-0.1, -0.05) is 0 Å². The molecule has 0 saturated carbocycles. The Kier molecular flexibility index (Phi) is 5.08. The Bertz CT molecular complexity index is 754. The van der Waals surface area contributed by atoms with Crippen molar-refractivity contribution in [2.24, 2.45) is 7.05 Å². The second kappa shape index (κ2) is 7.26. The molecule has 136 valence electrons. The minimum atomic E-state index is -0.200. The van der Waals surface area contributed by atoms with Gasteiger partial charge in [-0.05, 0) is 13.8 Å². The first-order chi connectivity index (χ1) is 12.0. The van der Waals surface area contributed by atoms with E-state index in [1.54, 1.807) is 16.9 Å². The van der Waals surface area contributed by atoms with Gasteiger partial charge in [-0.3, -0.25) is 14.5 Å². The van der Waals surface area contributed by atoms with Gasteiger partial charge in [-0.2, -0.15) is 5.10 Å². The first-order valence-corrected chi connectivity index (χ1v) is 8.76. The maximum absolute atomic E-state index is 12.3. The number of hydrogen-bond acceptors (Lipinski definition) is 4. The van der Waals surface area contributed by atoms with Gasteiger partial charge >= 0.3 is 0 Å². The molecule has 0 aromatic carbocycles. The molecule has 0 atom stereocenters. The fraction of sp³-hybridized carbons (Fsp3) is 0.588. The molecule has 0 unspecified atom stereocenters. The number of nitrogens with zero attached hydrogens (tertiary/aromatic N) is 5. The van der Waals surface area contributed by atoms with Crippen molar-refractivity contribution in [2.75, 3.05) is 32.7 Å². The van der Waals surface area contributed by atoms with Crippen LogP contribution >= 0.6 is 0 Å². The van der Waals surface area contributed by atoms with Gasteiger partial charge in [0.05, 0.1) is 6.20 Å². The zero-order chi connectivity index (χ0) is 18.0. The largest absolute Gasteiger partial charge is 0.351 e. The molecule has 8 heteroatoms. The molecule has 2 aromatic heterocycles. The van der Waals surface area contributed by atoms with E-state index in [0.717, 1.165) is 31.8 Å². The van der Waals surface area contributed by atoms with Crippen molar-refractivity contribution in [3.63, 3.8) is 0 Å². The van der Waals surface area contributed by atoms with Crippen LogP contribution in [0.3, 0.4) is 0 Å². The number of aromatic nitrogens is 3. The van der Waals surface area contributed by atoms with Gasteiger partial charge < -0.3 is 14.8 Å². The van der Waals surface area contributed by atoms with Crippen LogP contribution < -0.4 is 5.32 Å². The number of carbonyl (C=O) groups is 2. The standard InChI is InChI=1S/C17H26N6O2/c1-13(2)21-7-9-22(10-8-21)15(24)4-5-18-16(25)14-12-19-23-11-6-20(3)17(14)23/h6,11-13H,4-5,7-10H2,1-3H3,(H,18,25). The Morgan fingerprint density at radius 1 is 1.20 bits per heavy atom. The Morgan fingerprint density at radius 3 is 2.60 bits per heavy atom. The summed E-state index contributed by atoms with van der Waals surface area (Å²) < 4.78 is 3.51. The normalized spacial score (nSPS) is 15.9. The molecule has 8 nitrogen and oxygen atoms in total. The van der Waals surface area contributed by atoms with E-state index in [2.05, 4.69) is 29.2 Å². The van der Waals surface area contributed by atoms with Crippen LogP contribution in [0, 0.1) is 0 Å². The molecule has 0 spiro atoms. The zero-order valence-electron chi connectivity index (χ0n) is 15.1. The van der Waals surface area contributed by atoms with Crippen LogP contribution in [0.2, 0.25) is 0 Å². The highest BCUT2D eigenvalue weighted by Crippen LogP contribution is 2.10. The lowest BCUT2D eigenvalue weighted by Gasteiger charge is -2.37. The third kappa shape index (κ3) is 3.68. The van der Waals surface area contributed by atoms with Gasteiger partial charge in [0.2, 0.25) is 5.91 Å². The number of fused-ring (bicyclic) bond motifs is 1. The highest BCUT2D eigenvalue weighted by Gasteiger charge is 2.22. The van der Waals surface area contributed by atoms with Crippen LogP contribution in [0.4, 0.5) is 0 Å². The molecule has 1 aliphatic rings. The number of amides is 2. The van der Waals surface area contributed by atoms with Gasteiger partial charge in [0, 0.05) is 64.6 Å². The molecule has 0 bridgehead atoms. The Labute approximate surface area is 147 Å². The molecule has 1 fully saturated rings.